The van der Waals surface area contributed by atoms with Gasteiger partial charge in [-0.3, -0.25) is 4.79 Å². The molecule has 0 radical (unpaired) electrons. The van der Waals surface area contributed by atoms with Crippen LogP contribution in [0.25, 0.3) is 0 Å². The van der Waals surface area contributed by atoms with Gasteiger partial charge in [-0.2, -0.15) is 0 Å². The van der Waals surface area contributed by atoms with Crippen molar-refractivity contribution in [1.82, 2.24) is 10.2 Å². The Balaban J connectivity index is 1.70. The van der Waals surface area contributed by atoms with Crippen LogP contribution in [-0.2, 0) is 6.42 Å². The Labute approximate surface area is 146 Å². The van der Waals surface area contributed by atoms with Crippen LogP contribution in [0.1, 0.15) is 54.9 Å². The third-order valence-corrected chi connectivity index (χ3v) is 5.52. The molecular formula is C20H31N3O. The van der Waals surface area contributed by atoms with E-state index in [1.807, 2.05) is 6.07 Å². The first-order valence-electron chi connectivity index (χ1n) is 9.54. The molecule has 0 unspecified atom stereocenters. The molecule has 1 heterocycles. The van der Waals surface area contributed by atoms with Crippen molar-refractivity contribution in [3.05, 3.63) is 29.3 Å². The second-order valence-electron chi connectivity index (χ2n) is 7.29. The predicted molar refractivity (Wildman–Crippen MR) is 99.9 cm³/mol. The lowest BCUT2D eigenvalue weighted by Crippen LogP contribution is -2.44. The number of amides is 1. The summed E-state index contributed by atoms with van der Waals surface area (Å²) in [6.45, 7) is 6.47. The maximum absolute atomic E-state index is 12.7. The van der Waals surface area contributed by atoms with Gasteiger partial charge in [0.05, 0.1) is 0 Å². The SMILES string of the molecule is CCc1cc(N2CCN(C)CC2)ccc1C(=O)NC1CCCCC1. The number of nitrogens with one attached hydrogen (secondary N) is 1. The lowest BCUT2D eigenvalue weighted by molar-refractivity contribution is 0.0927. The van der Waals surface area contributed by atoms with Gasteiger partial charge in [0, 0.05) is 43.5 Å². The van der Waals surface area contributed by atoms with Crippen LogP contribution >= 0.6 is 0 Å². The third kappa shape index (κ3) is 4.10. The monoisotopic (exact) mass is 329 g/mol. The number of rotatable bonds is 4. The van der Waals surface area contributed by atoms with Crippen LogP contribution in [0, 0.1) is 0 Å². The molecule has 4 heteroatoms. The van der Waals surface area contributed by atoms with Gasteiger partial charge in [0.2, 0.25) is 0 Å². The molecule has 0 spiro atoms. The molecule has 24 heavy (non-hydrogen) atoms. The number of hydrogen-bond donors (Lipinski definition) is 1. The molecule has 0 atom stereocenters. The summed E-state index contributed by atoms with van der Waals surface area (Å²) in [6.07, 6.45) is 6.96. The minimum absolute atomic E-state index is 0.115. The number of nitrogens with zero attached hydrogens (tertiary/aromatic N) is 2. The Morgan fingerprint density at radius 2 is 1.83 bits per heavy atom. The van der Waals surface area contributed by atoms with Crippen LogP contribution in [-0.4, -0.2) is 50.1 Å². The summed E-state index contributed by atoms with van der Waals surface area (Å²) in [4.78, 5) is 17.5. The highest BCUT2D eigenvalue weighted by molar-refractivity contribution is 5.96. The average molecular weight is 329 g/mol. The van der Waals surface area contributed by atoms with Gasteiger partial charge >= 0.3 is 0 Å². The van der Waals surface area contributed by atoms with E-state index in [0.717, 1.165) is 51.0 Å². The van der Waals surface area contributed by atoms with E-state index in [1.54, 1.807) is 0 Å². The van der Waals surface area contributed by atoms with Crippen LogP contribution in [0.3, 0.4) is 0 Å². The van der Waals surface area contributed by atoms with E-state index in [-0.39, 0.29) is 5.91 Å². The molecule has 1 aromatic carbocycles. The largest absolute Gasteiger partial charge is 0.369 e. The Morgan fingerprint density at radius 1 is 1.12 bits per heavy atom. The lowest BCUT2D eigenvalue weighted by Gasteiger charge is -2.34. The molecule has 1 saturated carbocycles. The van der Waals surface area contributed by atoms with Gasteiger partial charge in [-0.15, -0.1) is 0 Å². The molecule has 0 aromatic heterocycles. The molecule has 3 rings (SSSR count). The fraction of sp³-hybridized carbons (Fsp3) is 0.650. The van der Waals surface area contributed by atoms with Crippen molar-refractivity contribution in [2.75, 3.05) is 38.1 Å². The number of piperazine rings is 1. The molecule has 4 nitrogen and oxygen atoms in total. The van der Waals surface area contributed by atoms with Crippen molar-refractivity contribution in [3.8, 4) is 0 Å². The quantitative estimate of drug-likeness (QED) is 0.922. The molecule has 1 amide bonds. The van der Waals surface area contributed by atoms with Crippen molar-refractivity contribution in [1.29, 1.82) is 0 Å². The molecule has 1 N–H and O–H groups in total. The zero-order valence-electron chi connectivity index (χ0n) is 15.2. The molecule has 2 aliphatic rings. The van der Waals surface area contributed by atoms with Crippen LogP contribution in [0.2, 0.25) is 0 Å². The van der Waals surface area contributed by atoms with E-state index in [4.69, 9.17) is 0 Å². The molecule has 2 fully saturated rings. The normalized spacial score (nSPS) is 20.2. The zero-order chi connectivity index (χ0) is 16.9. The topological polar surface area (TPSA) is 35.6 Å². The number of carbonyl (C=O) groups excluding carboxylic acids is 1. The summed E-state index contributed by atoms with van der Waals surface area (Å²) < 4.78 is 0. The fourth-order valence-corrected chi connectivity index (χ4v) is 3.87. The highest BCUT2D eigenvalue weighted by atomic mass is 16.1. The van der Waals surface area contributed by atoms with Gasteiger partial charge in [-0.1, -0.05) is 26.2 Å². The maximum Gasteiger partial charge on any atom is 0.251 e. The standard InChI is InChI=1S/C20H31N3O/c1-3-16-15-18(23-13-11-22(2)12-14-23)9-10-19(16)20(24)21-17-7-5-4-6-8-17/h9-10,15,17H,3-8,11-14H2,1-2H3,(H,21,24). The van der Waals surface area contributed by atoms with E-state index < -0.39 is 0 Å². The Kier molecular flexibility index (Phi) is 5.77. The van der Waals surface area contributed by atoms with Gasteiger partial charge in [-0.05, 0) is 50.1 Å². The Hall–Kier alpha value is -1.55. The molecular weight excluding hydrogens is 298 g/mol. The van der Waals surface area contributed by atoms with Gasteiger partial charge in [0.15, 0.2) is 0 Å². The lowest BCUT2D eigenvalue weighted by atomic mass is 9.95. The van der Waals surface area contributed by atoms with Crippen molar-refractivity contribution < 1.29 is 4.79 Å². The van der Waals surface area contributed by atoms with Gasteiger partial charge in [0.1, 0.15) is 0 Å². The van der Waals surface area contributed by atoms with Crippen LogP contribution in [0.15, 0.2) is 18.2 Å². The number of benzene rings is 1. The second-order valence-corrected chi connectivity index (χ2v) is 7.29. The molecule has 1 aliphatic carbocycles. The first kappa shape index (κ1) is 17.3. The molecule has 1 aromatic rings. The third-order valence-electron chi connectivity index (χ3n) is 5.52. The summed E-state index contributed by atoms with van der Waals surface area (Å²) in [5.41, 5.74) is 3.29. The number of hydrogen-bond acceptors (Lipinski definition) is 3. The van der Waals surface area contributed by atoms with E-state index in [2.05, 4.69) is 41.2 Å². The number of carbonyl (C=O) groups is 1. The minimum Gasteiger partial charge on any atom is -0.369 e. The smallest absolute Gasteiger partial charge is 0.251 e. The van der Waals surface area contributed by atoms with E-state index in [0.29, 0.717) is 6.04 Å². The molecule has 132 valence electrons. The molecule has 1 saturated heterocycles. The first-order valence-corrected chi connectivity index (χ1v) is 9.54. The molecule has 0 bridgehead atoms. The van der Waals surface area contributed by atoms with Crippen molar-refractivity contribution in [3.63, 3.8) is 0 Å². The molecule has 1 aliphatic heterocycles. The predicted octanol–water partition coefficient (Wildman–Crippen LogP) is 3.06. The van der Waals surface area contributed by atoms with E-state index in [1.165, 1.54) is 30.5 Å². The summed E-state index contributed by atoms with van der Waals surface area (Å²) >= 11 is 0. The zero-order valence-corrected chi connectivity index (χ0v) is 15.2. The first-order chi connectivity index (χ1) is 11.7. The minimum atomic E-state index is 0.115. The maximum atomic E-state index is 12.7. The summed E-state index contributed by atoms with van der Waals surface area (Å²) in [7, 11) is 2.17. The second kappa shape index (κ2) is 8.02. The number of likely N-dealkylation sites (N-methyl/N-ethyl adjacent to an activating group) is 1. The Bertz CT molecular complexity index is 558. The van der Waals surface area contributed by atoms with Gasteiger partial charge < -0.3 is 15.1 Å². The van der Waals surface area contributed by atoms with Crippen molar-refractivity contribution >= 4 is 11.6 Å². The number of aryl methyl sites for hydroxylation is 1. The number of anilines is 1. The summed E-state index contributed by atoms with van der Waals surface area (Å²) in [5.74, 6) is 0.115. The van der Waals surface area contributed by atoms with E-state index in [9.17, 15) is 4.79 Å². The van der Waals surface area contributed by atoms with Crippen LogP contribution in [0.5, 0.6) is 0 Å². The highest BCUT2D eigenvalue weighted by Crippen LogP contribution is 2.23. The van der Waals surface area contributed by atoms with Gasteiger partial charge in [-0.25, -0.2) is 0 Å². The summed E-state index contributed by atoms with van der Waals surface area (Å²) in [6, 6.07) is 6.75. The van der Waals surface area contributed by atoms with Crippen molar-refractivity contribution in [2.45, 2.75) is 51.5 Å². The highest BCUT2D eigenvalue weighted by Gasteiger charge is 2.20. The van der Waals surface area contributed by atoms with E-state index >= 15 is 0 Å². The van der Waals surface area contributed by atoms with Crippen molar-refractivity contribution in [2.24, 2.45) is 0 Å². The fourth-order valence-electron chi connectivity index (χ4n) is 3.87. The average Bonchev–Trinajstić information content (AvgIpc) is 2.62. The van der Waals surface area contributed by atoms with Crippen LogP contribution in [0.4, 0.5) is 5.69 Å². The van der Waals surface area contributed by atoms with Gasteiger partial charge in [0.25, 0.3) is 5.91 Å². The Morgan fingerprint density at radius 3 is 2.50 bits per heavy atom. The summed E-state index contributed by atoms with van der Waals surface area (Å²) in [5, 5.41) is 3.26. The van der Waals surface area contributed by atoms with Crippen LogP contribution < -0.4 is 10.2 Å².